The van der Waals surface area contributed by atoms with Crippen molar-refractivity contribution in [3.8, 4) is 0 Å². The smallest absolute Gasteiger partial charge is 0.340 e. The van der Waals surface area contributed by atoms with Crippen molar-refractivity contribution in [3.63, 3.8) is 0 Å². The summed E-state index contributed by atoms with van der Waals surface area (Å²) < 4.78 is 31.2. The highest BCUT2D eigenvalue weighted by Gasteiger charge is 2.22. The first-order valence-corrected chi connectivity index (χ1v) is 7.92. The summed E-state index contributed by atoms with van der Waals surface area (Å²) in [5, 5.41) is 2.74. The van der Waals surface area contributed by atoms with Crippen molar-refractivity contribution >= 4 is 35.1 Å². The summed E-state index contributed by atoms with van der Waals surface area (Å²) in [5.41, 5.74) is 0.325. The van der Waals surface area contributed by atoms with E-state index in [4.69, 9.17) is 27.9 Å². The summed E-state index contributed by atoms with van der Waals surface area (Å²) in [7, 11) is 0. The largest absolute Gasteiger partial charge is 0.449 e. The second kappa shape index (κ2) is 8.27. The Kier molecular flexibility index (Phi) is 6.33. The Labute approximate surface area is 152 Å². The molecule has 1 unspecified atom stereocenters. The van der Waals surface area contributed by atoms with Crippen LogP contribution in [0.15, 0.2) is 36.4 Å². The van der Waals surface area contributed by atoms with Crippen molar-refractivity contribution in [2.75, 3.05) is 0 Å². The highest BCUT2D eigenvalue weighted by molar-refractivity contribution is 6.33. The van der Waals surface area contributed by atoms with E-state index in [1.165, 1.54) is 6.92 Å². The zero-order valence-electron chi connectivity index (χ0n) is 13.0. The number of ether oxygens (including phenoxy) is 1. The summed E-state index contributed by atoms with van der Waals surface area (Å²) in [6, 6.07) is 8.22. The molecule has 0 fully saturated rings. The molecule has 132 valence electrons. The van der Waals surface area contributed by atoms with E-state index >= 15 is 0 Å². The minimum absolute atomic E-state index is 0.145. The first-order valence-electron chi connectivity index (χ1n) is 7.16. The fourth-order valence-corrected chi connectivity index (χ4v) is 2.35. The van der Waals surface area contributed by atoms with Crippen molar-refractivity contribution < 1.29 is 23.1 Å². The first kappa shape index (κ1) is 19.1. The number of benzene rings is 2. The second-order valence-electron chi connectivity index (χ2n) is 5.10. The Morgan fingerprint density at radius 2 is 1.76 bits per heavy atom. The molecule has 0 bridgehead atoms. The minimum Gasteiger partial charge on any atom is -0.449 e. The molecular weight excluding hydrogens is 375 g/mol. The lowest BCUT2D eigenvalue weighted by Gasteiger charge is -2.14. The third-order valence-electron chi connectivity index (χ3n) is 3.29. The number of rotatable bonds is 5. The molecule has 0 radical (unpaired) electrons. The Balaban J connectivity index is 1.98. The lowest BCUT2D eigenvalue weighted by molar-refractivity contribution is -0.129. The molecule has 1 amide bonds. The summed E-state index contributed by atoms with van der Waals surface area (Å²) in [4.78, 5) is 24.0. The maximum atomic E-state index is 13.2. The van der Waals surface area contributed by atoms with Crippen LogP contribution in [0.5, 0.6) is 0 Å². The van der Waals surface area contributed by atoms with Crippen LogP contribution < -0.4 is 5.32 Å². The number of hydrogen-bond donors (Lipinski definition) is 1. The molecule has 0 aliphatic rings. The standard InChI is InChI=1S/C17H13Cl2F2NO3/c1-9(16(23)22-8-10-4-2-3-5-12(10)18)25-17(24)11-6-14(20)15(21)7-13(11)19/h2-7,9H,8H2,1H3,(H,22,23). The molecule has 1 atom stereocenters. The van der Waals surface area contributed by atoms with Gasteiger partial charge in [0.2, 0.25) is 0 Å². The van der Waals surface area contributed by atoms with Crippen LogP contribution in [-0.4, -0.2) is 18.0 Å². The molecule has 0 spiro atoms. The van der Waals surface area contributed by atoms with Crippen LogP contribution in [0.2, 0.25) is 10.0 Å². The maximum Gasteiger partial charge on any atom is 0.340 e. The maximum absolute atomic E-state index is 13.2. The van der Waals surface area contributed by atoms with Gasteiger partial charge in [-0.05, 0) is 30.7 Å². The molecule has 0 aromatic heterocycles. The SMILES string of the molecule is CC(OC(=O)c1cc(F)c(F)cc1Cl)C(=O)NCc1ccccc1Cl. The molecular formula is C17H13Cl2F2NO3. The van der Waals surface area contributed by atoms with Crippen molar-refractivity contribution in [3.05, 3.63) is 69.2 Å². The number of hydrogen-bond acceptors (Lipinski definition) is 3. The number of nitrogens with one attached hydrogen (secondary N) is 1. The molecule has 2 rings (SSSR count). The van der Waals surface area contributed by atoms with E-state index in [2.05, 4.69) is 5.32 Å². The van der Waals surface area contributed by atoms with E-state index in [0.29, 0.717) is 22.7 Å². The van der Waals surface area contributed by atoms with Crippen LogP contribution in [0, 0.1) is 11.6 Å². The molecule has 0 aliphatic carbocycles. The monoisotopic (exact) mass is 387 g/mol. The molecule has 0 heterocycles. The zero-order valence-corrected chi connectivity index (χ0v) is 14.5. The fraction of sp³-hybridized carbons (Fsp3) is 0.176. The van der Waals surface area contributed by atoms with Crippen LogP contribution in [0.25, 0.3) is 0 Å². The van der Waals surface area contributed by atoms with Gasteiger partial charge in [0, 0.05) is 11.6 Å². The summed E-state index contributed by atoms with van der Waals surface area (Å²) in [5.74, 6) is -4.05. The molecule has 0 saturated heterocycles. The number of carbonyl (C=O) groups excluding carboxylic acids is 2. The number of amides is 1. The molecule has 2 aromatic rings. The van der Waals surface area contributed by atoms with E-state index in [-0.39, 0.29) is 17.1 Å². The zero-order chi connectivity index (χ0) is 18.6. The number of halogens is 4. The second-order valence-corrected chi connectivity index (χ2v) is 5.92. The van der Waals surface area contributed by atoms with Crippen molar-refractivity contribution in [1.29, 1.82) is 0 Å². The van der Waals surface area contributed by atoms with E-state index in [1.807, 2.05) is 0 Å². The summed E-state index contributed by atoms with van der Waals surface area (Å²) in [6.07, 6.45) is -1.17. The molecule has 0 saturated carbocycles. The van der Waals surface area contributed by atoms with Gasteiger partial charge in [0.05, 0.1) is 10.6 Å². The van der Waals surface area contributed by atoms with Crippen LogP contribution in [0.3, 0.4) is 0 Å². The molecule has 1 N–H and O–H groups in total. The van der Waals surface area contributed by atoms with Crippen molar-refractivity contribution in [2.45, 2.75) is 19.6 Å². The number of esters is 1. The van der Waals surface area contributed by atoms with Gasteiger partial charge >= 0.3 is 5.97 Å². The van der Waals surface area contributed by atoms with Gasteiger partial charge in [-0.25, -0.2) is 13.6 Å². The minimum atomic E-state index is -1.24. The van der Waals surface area contributed by atoms with E-state index in [1.54, 1.807) is 24.3 Å². The average molecular weight is 388 g/mol. The van der Waals surface area contributed by atoms with Crippen molar-refractivity contribution in [2.24, 2.45) is 0 Å². The van der Waals surface area contributed by atoms with E-state index < -0.39 is 29.6 Å². The number of carbonyl (C=O) groups is 2. The van der Waals surface area contributed by atoms with Gasteiger partial charge in [-0.3, -0.25) is 4.79 Å². The van der Waals surface area contributed by atoms with Gasteiger partial charge in [-0.1, -0.05) is 41.4 Å². The van der Waals surface area contributed by atoms with Crippen molar-refractivity contribution in [1.82, 2.24) is 5.32 Å². The third kappa shape index (κ3) is 4.90. The Hall–Kier alpha value is -2.18. The third-order valence-corrected chi connectivity index (χ3v) is 3.98. The summed E-state index contributed by atoms with van der Waals surface area (Å²) in [6.45, 7) is 1.49. The normalized spacial score (nSPS) is 11.7. The Morgan fingerprint density at radius 3 is 2.44 bits per heavy atom. The first-order chi connectivity index (χ1) is 11.8. The predicted octanol–water partition coefficient (Wildman–Crippen LogP) is 4.13. The molecule has 0 aliphatic heterocycles. The lowest BCUT2D eigenvalue weighted by atomic mass is 10.2. The van der Waals surface area contributed by atoms with Gasteiger partial charge in [-0.2, -0.15) is 0 Å². The van der Waals surface area contributed by atoms with Crippen LogP contribution in [0.1, 0.15) is 22.8 Å². The highest BCUT2D eigenvalue weighted by Crippen LogP contribution is 2.21. The summed E-state index contributed by atoms with van der Waals surface area (Å²) >= 11 is 11.7. The van der Waals surface area contributed by atoms with Gasteiger partial charge < -0.3 is 10.1 Å². The van der Waals surface area contributed by atoms with Gasteiger partial charge in [0.25, 0.3) is 5.91 Å². The topological polar surface area (TPSA) is 55.4 Å². The van der Waals surface area contributed by atoms with Crippen LogP contribution in [-0.2, 0) is 16.1 Å². The van der Waals surface area contributed by atoms with E-state index in [0.717, 1.165) is 0 Å². The Morgan fingerprint density at radius 1 is 1.12 bits per heavy atom. The van der Waals surface area contributed by atoms with Gasteiger partial charge in [0.15, 0.2) is 17.7 Å². The fourth-order valence-electron chi connectivity index (χ4n) is 1.92. The average Bonchev–Trinajstić information content (AvgIpc) is 2.56. The molecule has 2 aromatic carbocycles. The van der Waals surface area contributed by atoms with Crippen LogP contribution in [0.4, 0.5) is 8.78 Å². The van der Waals surface area contributed by atoms with E-state index in [9.17, 15) is 18.4 Å². The molecule has 25 heavy (non-hydrogen) atoms. The quantitative estimate of drug-likeness (QED) is 0.619. The molecule has 8 heteroatoms. The van der Waals surface area contributed by atoms with Crippen LogP contribution >= 0.6 is 23.2 Å². The lowest BCUT2D eigenvalue weighted by Crippen LogP contribution is -2.35. The molecule has 4 nitrogen and oxygen atoms in total. The predicted molar refractivity (Wildman–Crippen MR) is 89.5 cm³/mol. The Bertz CT molecular complexity index is 814. The highest BCUT2D eigenvalue weighted by atomic mass is 35.5. The van der Waals surface area contributed by atoms with Gasteiger partial charge in [-0.15, -0.1) is 0 Å². The van der Waals surface area contributed by atoms with Gasteiger partial charge in [0.1, 0.15) is 0 Å².